The predicted octanol–water partition coefficient (Wildman–Crippen LogP) is 2.28. The van der Waals surface area contributed by atoms with Crippen molar-refractivity contribution < 1.29 is 9.90 Å². The van der Waals surface area contributed by atoms with Crippen LogP contribution in [0.4, 0.5) is 0 Å². The third-order valence-electron chi connectivity index (χ3n) is 2.22. The molecule has 0 saturated carbocycles. The van der Waals surface area contributed by atoms with Gasteiger partial charge in [0.1, 0.15) is 6.04 Å². The van der Waals surface area contributed by atoms with Gasteiger partial charge in [-0.25, -0.2) is 0 Å². The van der Waals surface area contributed by atoms with Crippen molar-refractivity contribution in [1.82, 2.24) is 5.32 Å². The molecule has 0 saturated heterocycles. The number of carbonyl (C=O) groups is 1. The van der Waals surface area contributed by atoms with E-state index in [9.17, 15) is 9.90 Å². The molecule has 0 amide bonds. The lowest BCUT2D eigenvalue weighted by atomic mass is 10.1. The molecule has 0 heterocycles. The molecule has 1 aromatic rings. The maximum absolute atomic E-state index is 11.2. The maximum atomic E-state index is 11.2. The monoisotopic (exact) mass is 237 g/mol. The second-order valence-corrected chi connectivity index (χ2v) is 10.6. The van der Waals surface area contributed by atoms with E-state index in [4.69, 9.17) is 0 Å². The molecule has 0 fully saturated rings. The van der Waals surface area contributed by atoms with Crippen molar-refractivity contribution >= 4 is 14.0 Å². The van der Waals surface area contributed by atoms with Crippen LogP contribution >= 0.6 is 0 Å². The third kappa shape index (κ3) is 4.16. The average Bonchev–Trinajstić information content (AvgIpc) is 2.17. The summed E-state index contributed by atoms with van der Waals surface area (Å²) in [4.78, 5) is 11.2. The van der Waals surface area contributed by atoms with Crippen LogP contribution in [0.5, 0.6) is 0 Å². The first kappa shape index (κ1) is 12.9. The minimum absolute atomic E-state index is 0.590. The molecule has 0 bridgehead atoms. The first-order valence-corrected chi connectivity index (χ1v) is 9.12. The Bertz CT molecular complexity index is 346. The fourth-order valence-electron chi connectivity index (χ4n) is 1.40. The van der Waals surface area contributed by atoms with Crippen molar-refractivity contribution in [1.29, 1.82) is 0 Å². The summed E-state index contributed by atoms with van der Waals surface area (Å²) in [6.45, 7) is 6.64. The summed E-state index contributed by atoms with van der Waals surface area (Å²) in [5.41, 5.74) is 0.813. The van der Waals surface area contributed by atoms with Crippen LogP contribution in [0.1, 0.15) is 11.6 Å². The van der Waals surface area contributed by atoms with Crippen LogP contribution in [-0.4, -0.2) is 25.3 Å². The molecule has 3 nitrogen and oxygen atoms in total. The Balaban J connectivity index is 2.74. The summed E-state index contributed by atoms with van der Waals surface area (Å²) < 4.78 is 0. The van der Waals surface area contributed by atoms with Gasteiger partial charge in [-0.1, -0.05) is 50.0 Å². The Kier molecular flexibility index (Phi) is 4.26. The smallest absolute Gasteiger partial charge is 0.325 e. The van der Waals surface area contributed by atoms with Gasteiger partial charge in [0.2, 0.25) is 0 Å². The van der Waals surface area contributed by atoms with Gasteiger partial charge in [-0.2, -0.15) is 0 Å². The minimum Gasteiger partial charge on any atom is -0.480 e. The van der Waals surface area contributed by atoms with Gasteiger partial charge in [-0.3, -0.25) is 4.79 Å². The van der Waals surface area contributed by atoms with E-state index in [1.807, 2.05) is 30.3 Å². The molecule has 1 rings (SSSR count). The first-order chi connectivity index (χ1) is 7.40. The molecule has 1 unspecified atom stereocenters. The van der Waals surface area contributed by atoms with Crippen LogP contribution in [0.3, 0.4) is 0 Å². The predicted molar refractivity (Wildman–Crippen MR) is 68.2 cm³/mol. The number of hydrogen-bond donors (Lipinski definition) is 2. The zero-order valence-corrected chi connectivity index (χ0v) is 11.0. The molecule has 0 aliphatic heterocycles. The summed E-state index contributed by atoms with van der Waals surface area (Å²) in [6, 6.07) is 8.71. The van der Waals surface area contributed by atoms with Crippen molar-refractivity contribution in [2.24, 2.45) is 0 Å². The number of nitrogens with one attached hydrogen (secondary N) is 1. The Morgan fingerprint density at radius 2 is 1.88 bits per heavy atom. The second kappa shape index (κ2) is 5.27. The molecule has 0 aromatic heterocycles. The van der Waals surface area contributed by atoms with Crippen molar-refractivity contribution in [3.8, 4) is 0 Å². The van der Waals surface area contributed by atoms with Gasteiger partial charge >= 0.3 is 5.97 Å². The number of carboxylic acid groups (broad SMARTS) is 1. The lowest BCUT2D eigenvalue weighted by molar-refractivity contribution is -0.139. The fraction of sp³-hybridized carbons (Fsp3) is 0.417. The molecular formula is C12H19NO2Si. The standard InChI is InChI=1S/C12H19NO2Si/c1-16(2,3)9-13-11(12(14)15)10-7-5-4-6-8-10/h4-8,11,13H,9H2,1-3H3,(H,14,15). The normalized spacial score (nSPS) is 13.4. The molecule has 0 aliphatic rings. The van der Waals surface area contributed by atoms with Crippen molar-refractivity contribution in [3.05, 3.63) is 35.9 Å². The molecule has 1 atom stereocenters. The molecule has 88 valence electrons. The number of rotatable bonds is 5. The van der Waals surface area contributed by atoms with Crippen LogP contribution in [0, 0.1) is 0 Å². The Hall–Kier alpha value is -1.13. The summed E-state index contributed by atoms with van der Waals surface area (Å²) in [7, 11) is -1.27. The van der Waals surface area contributed by atoms with Crippen molar-refractivity contribution in [2.75, 3.05) is 6.17 Å². The van der Waals surface area contributed by atoms with Gasteiger partial charge in [-0.15, -0.1) is 0 Å². The minimum atomic E-state index is -1.27. The Labute approximate surface area is 97.5 Å². The number of benzene rings is 1. The molecule has 1 aromatic carbocycles. The van der Waals surface area contributed by atoms with E-state index in [1.54, 1.807) is 0 Å². The number of carboxylic acids is 1. The van der Waals surface area contributed by atoms with Crippen molar-refractivity contribution in [3.63, 3.8) is 0 Å². The van der Waals surface area contributed by atoms with Gasteiger partial charge in [0.15, 0.2) is 0 Å². The highest BCUT2D eigenvalue weighted by Gasteiger charge is 2.22. The highest BCUT2D eigenvalue weighted by molar-refractivity contribution is 6.76. The lowest BCUT2D eigenvalue weighted by Crippen LogP contribution is -2.41. The molecule has 16 heavy (non-hydrogen) atoms. The number of hydrogen-bond acceptors (Lipinski definition) is 2. The number of aliphatic carboxylic acids is 1. The second-order valence-electron chi connectivity index (χ2n) is 5.12. The van der Waals surface area contributed by atoms with Gasteiger partial charge < -0.3 is 10.4 Å². The Morgan fingerprint density at radius 3 is 2.31 bits per heavy atom. The van der Waals surface area contributed by atoms with Crippen LogP contribution in [-0.2, 0) is 4.79 Å². The Morgan fingerprint density at radius 1 is 1.31 bits per heavy atom. The largest absolute Gasteiger partial charge is 0.480 e. The summed E-state index contributed by atoms with van der Waals surface area (Å²) in [5.74, 6) is -0.815. The highest BCUT2D eigenvalue weighted by Crippen LogP contribution is 2.13. The molecule has 4 heteroatoms. The molecule has 2 N–H and O–H groups in total. The van der Waals surface area contributed by atoms with E-state index >= 15 is 0 Å². The van der Waals surface area contributed by atoms with E-state index in [0.717, 1.165) is 11.7 Å². The van der Waals surface area contributed by atoms with Gasteiger partial charge in [0.05, 0.1) is 8.07 Å². The topological polar surface area (TPSA) is 49.3 Å². The zero-order chi connectivity index (χ0) is 12.2. The van der Waals surface area contributed by atoms with E-state index in [0.29, 0.717) is 0 Å². The zero-order valence-electron chi connectivity index (χ0n) is 10.0. The molecule has 0 radical (unpaired) electrons. The van der Waals surface area contributed by atoms with Crippen molar-refractivity contribution in [2.45, 2.75) is 25.7 Å². The van der Waals surface area contributed by atoms with Crippen LogP contribution < -0.4 is 5.32 Å². The summed E-state index contributed by atoms with van der Waals surface area (Å²) >= 11 is 0. The summed E-state index contributed by atoms with van der Waals surface area (Å²) in [6.07, 6.45) is 0.804. The van der Waals surface area contributed by atoms with Crippen LogP contribution in [0.15, 0.2) is 30.3 Å². The molecule has 0 spiro atoms. The fourth-order valence-corrected chi connectivity index (χ4v) is 2.22. The summed E-state index contributed by atoms with van der Waals surface area (Å²) in [5, 5.41) is 12.3. The van der Waals surface area contributed by atoms with E-state index in [2.05, 4.69) is 25.0 Å². The SMILES string of the molecule is C[Si](C)(C)CNC(C(=O)O)c1ccccc1. The van der Waals surface area contributed by atoms with E-state index < -0.39 is 20.1 Å². The lowest BCUT2D eigenvalue weighted by Gasteiger charge is -2.21. The van der Waals surface area contributed by atoms with Gasteiger partial charge in [0.25, 0.3) is 0 Å². The quantitative estimate of drug-likeness (QED) is 0.772. The van der Waals surface area contributed by atoms with E-state index in [1.165, 1.54) is 0 Å². The average molecular weight is 237 g/mol. The third-order valence-corrected chi connectivity index (χ3v) is 3.48. The molecular weight excluding hydrogens is 218 g/mol. The van der Waals surface area contributed by atoms with Crippen LogP contribution in [0.25, 0.3) is 0 Å². The van der Waals surface area contributed by atoms with Crippen LogP contribution in [0.2, 0.25) is 19.6 Å². The van der Waals surface area contributed by atoms with Gasteiger partial charge in [-0.05, 0) is 11.7 Å². The highest BCUT2D eigenvalue weighted by atomic mass is 28.3. The first-order valence-electron chi connectivity index (χ1n) is 5.41. The molecule has 0 aliphatic carbocycles. The van der Waals surface area contributed by atoms with Gasteiger partial charge in [0, 0.05) is 0 Å². The maximum Gasteiger partial charge on any atom is 0.325 e. The van der Waals surface area contributed by atoms with E-state index in [-0.39, 0.29) is 0 Å².